The van der Waals surface area contributed by atoms with Crippen LogP contribution in [0.4, 0.5) is 13.2 Å². The van der Waals surface area contributed by atoms with Crippen LogP contribution in [0, 0.1) is 17.4 Å². The van der Waals surface area contributed by atoms with E-state index >= 15 is 0 Å². The number of carbonyl (C=O) groups excluding carboxylic acids is 8. The number of thioether (sulfide) groups is 8. The molecule has 8 aliphatic heterocycles. The molecule has 0 spiro atoms. The van der Waals surface area contributed by atoms with Gasteiger partial charge in [0.2, 0.25) is 0 Å². The summed E-state index contributed by atoms with van der Waals surface area (Å²) < 4.78 is 39.2. The van der Waals surface area contributed by atoms with Crippen molar-refractivity contribution in [2.75, 3.05) is 46.0 Å². The summed E-state index contributed by atoms with van der Waals surface area (Å²) in [6, 6.07) is 44.2. The smallest absolute Gasteiger partial charge is 0.294 e. The van der Waals surface area contributed by atoms with Gasteiger partial charge in [-0.2, -0.15) is 13.2 Å². The standard InChI is InChI=1S/C10H7F3OS.2C10H10OS.C9H7BrOS.C9H6Cl2OS.C9H7ClOS.C9H7IOS.C9H8OS/c11-10(12,13)6-1-2-9-7(5-6)8(14)3-4-15-9;2*1-7-2-3-10-8(6-7)9(11)4-5-12-10;10-6-1-2-9-7(5-6)8(11)3-4-12-9;10-5-3-6-8(12)1-2-13-9(6)7(11)4-5;2*10-6-1-2-9-7(5-6)8(11)3-4-12-9;10-8-5-6-11-9-4-2-1-3-7(8)9/h1-2,5H,3-4H2;2*2-3,6H,4-5H2,1H3;1-2,5H,3-4H2;3-4H,1-2H2;2*1-2,5H,3-4H2;1-4H,5-6H2. The third kappa shape index (κ3) is 22.6. The zero-order valence-corrected chi connectivity index (χ0v) is 65.8. The number of alkyl halides is 3. The van der Waals surface area contributed by atoms with Crippen LogP contribution in [0.5, 0.6) is 0 Å². The van der Waals surface area contributed by atoms with E-state index in [1.165, 1.54) is 29.0 Å². The number of carbonyl (C=O) groups is 8. The van der Waals surface area contributed by atoms with Crippen LogP contribution in [0.25, 0.3) is 0 Å². The van der Waals surface area contributed by atoms with Gasteiger partial charge in [-0.05, 0) is 152 Å². The summed E-state index contributed by atoms with van der Waals surface area (Å²) in [4.78, 5) is 99.5. The Labute approximate surface area is 644 Å². The van der Waals surface area contributed by atoms with Gasteiger partial charge in [-0.1, -0.05) is 92.2 Å². The third-order valence-corrected chi connectivity index (χ3v) is 26.1. The molecule has 514 valence electrons. The average molecular weight is 1720 g/mol. The monoisotopic (exact) mass is 1710 g/mol. The van der Waals surface area contributed by atoms with Crippen molar-refractivity contribution in [3.63, 3.8) is 0 Å². The maximum atomic E-state index is 12.4. The van der Waals surface area contributed by atoms with E-state index in [-0.39, 0.29) is 28.7 Å². The second-order valence-electron chi connectivity index (χ2n) is 22.6. The van der Waals surface area contributed by atoms with Gasteiger partial charge in [-0.3, -0.25) is 38.4 Å². The Morgan fingerprint density at radius 3 is 1.13 bits per heavy atom. The van der Waals surface area contributed by atoms with E-state index in [1.54, 1.807) is 101 Å². The van der Waals surface area contributed by atoms with Gasteiger partial charge >= 0.3 is 6.18 Å². The van der Waals surface area contributed by atoms with Crippen LogP contribution >= 0.6 is 167 Å². The van der Waals surface area contributed by atoms with E-state index < -0.39 is 11.7 Å². The molecule has 0 radical (unpaired) electrons. The summed E-state index contributed by atoms with van der Waals surface area (Å²) in [5, 5.41) is 1.75. The van der Waals surface area contributed by atoms with Crippen molar-refractivity contribution in [2.45, 2.75) is 111 Å². The quantitative estimate of drug-likeness (QED) is 0.133. The predicted molar refractivity (Wildman–Crippen MR) is 419 cm³/mol. The first-order valence-electron chi connectivity index (χ1n) is 31.1. The molecule has 0 atom stereocenters. The molecule has 99 heavy (non-hydrogen) atoms. The van der Waals surface area contributed by atoms with Crippen molar-refractivity contribution in [1.82, 2.24) is 0 Å². The van der Waals surface area contributed by atoms with Crippen molar-refractivity contribution >= 4 is 214 Å². The highest BCUT2D eigenvalue weighted by Crippen LogP contribution is 2.40. The zero-order chi connectivity index (χ0) is 70.9. The number of hydrogen-bond acceptors (Lipinski definition) is 16. The molecule has 8 aliphatic rings. The second kappa shape index (κ2) is 38.0. The number of Topliss-reactive ketones (excluding diaryl/α,β-unsaturated/α-hetero) is 8. The topological polar surface area (TPSA) is 137 Å². The normalized spacial score (nSPS) is 16.0. The Hall–Kier alpha value is -4.21. The summed E-state index contributed by atoms with van der Waals surface area (Å²) in [6.45, 7) is 4.04. The van der Waals surface area contributed by atoms with Crippen molar-refractivity contribution < 1.29 is 51.5 Å². The third-order valence-electron chi connectivity index (χ3n) is 15.4. The molecular formula is C75H62BrCl3F3IO8S8. The van der Waals surface area contributed by atoms with Gasteiger partial charge in [0, 0.05) is 199 Å². The number of hydrogen-bond donors (Lipinski definition) is 0. The first kappa shape index (κ1) is 78.9. The van der Waals surface area contributed by atoms with Gasteiger partial charge < -0.3 is 0 Å². The Balaban J connectivity index is 0.000000132. The van der Waals surface area contributed by atoms with Gasteiger partial charge in [-0.15, -0.1) is 94.1 Å². The lowest BCUT2D eigenvalue weighted by atomic mass is 10.0. The number of ketones is 8. The second-order valence-corrected chi connectivity index (χ2v) is 35.1. The van der Waals surface area contributed by atoms with Crippen LogP contribution in [-0.4, -0.2) is 92.3 Å². The molecular weight excluding hydrogens is 1660 g/mol. The number of fused-ring (bicyclic) bond motifs is 8. The van der Waals surface area contributed by atoms with Crippen molar-refractivity contribution in [1.29, 1.82) is 0 Å². The van der Waals surface area contributed by atoms with Crippen LogP contribution in [-0.2, 0) is 6.18 Å². The molecule has 8 aromatic carbocycles. The molecule has 0 saturated carbocycles. The van der Waals surface area contributed by atoms with Gasteiger partial charge in [0.1, 0.15) is 0 Å². The first-order valence-corrected chi connectivity index (χ1v) is 42.0. The van der Waals surface area contributed by atoms with Gasteiger partial charge in [-0.25, -0.2) is 0 Å². The lowest BCUT2D eigenvalue weighted by Crippen LogP contribution is -2.12. The van der Waals surface area contributed by atoms with Gasteiger partial charge in [0.25, 0.3) is 0 Å². The molecule has 0 aromatic heterocycles. The molecule has 0 fully saturated rings. The zero-order valence-electron chi connectivity index (χ0n) is 53.2. The van der Waals surface area contributed by atoms with Crippen LogP contribution < -0.4 is 0 Å². The maximum Gasteiger partial charge on any atom is 0.416 e. The minimum atomic E-state index is -4.38. The highest BCUT2D eigenvalue weighted by atomic mass is 127. The molecule has 0 saturated heterocycles. The van der Waals surface area contributed by atoms with Gasteiger partial charge in [0.15, 0.2) is 46.3 Å². The SMILES string of the molecule is Cc1ccc2c(c1)C(=O)CCS2.Cc1ccc2c(c1)C(=O)CCS2.O=C1CCSc2c(Cl)cc(Cl)cc21.O=C1CCSc2ccc(Br)cc21.O=C1CCSc2ccc(C(F)(F)F)cc21.O=C1CCSc2ccc(Cl)cc21.O=C1CCSc2ccc(I)cc21.O=C1CCSc2ccccc21. The number of benzene rings is 8. The van der Waals surface area contributed by atoms with Crippen LogP contribution in [0.2, 0.25) is 15.1 Å². The number of rotatable bonds is 0. The summed E-state index contributed by atoms with van der Waals surface area (Å²) in [6.07, 6.45) is 0.610. The highest BCUT2D eigenvalue weighted by molar-refractivity contribution is 14.1. The summed E-state index contributed by atoms with van der Waals surface area (Å²) in [5.41, 5.74) is 7.81. The molecule has 8 heterocycles. The molecule has 0 bridgehead atoms. The van der Waals surface area contributed by atoms with Gasteiger partial charge in [0.05, 0.1) is 10.6 Å². The summed E-state index contributed by atoms with van der Waals surface area (Å²) in [5.74, 6) is 8.64. The fraction of sp³-hybridized carbons (Fsp3) is 0.253. The predicted octanol–water partition coefficient (Wildman–Crippen LogP) is 23.9. The Morgan fingerprint density at radius 2 is 0.677 bits per heavy atom. The number of aryl methyl sites for hydroxylation is 2. The highest BCUT2D eigenvalue weighted by Gasteiger charge is 2.33. The van der Waals surface area contributed by atoms with Crippen LogP contribution in [0.3, 0.4) is 0 Å². The minimum Gasteiger partial charge on any atom is -0.294 e. The lowest BCUT2D eigenvalue weighted by Gasteiger charge is -2.16. The van der Waals surface area contributed by atoms with E-state index in [0.29, 0.717) is 106 Å². The fourth-order valence-corrected chi connectivity index (χ4v) is 20.1. The van der Waals surface area contributed by atoms with E-state index in [4.69, 9.17) is 34.8 Å². The van der Waals surface area contributed by atoms with Crippen LogP contribution in [0.15, 0.2) is 189 Å². The lowest BCUT2D eigenvalue weighted by molar-refractivity contribution is -0.137. The average Bonchev–Trinajstić information content (AvgIpc) is 0.866. The molecule has 0 unspecified atom stereocenters. The molecule has 0 amide bonds. The molecule has 8 aromatic rings. The van der Waals surface area contributed by atoms with Crippen molar-refractivity contribution in [2.24, 2.45) is 0 Å². The Bertz CT molecular complexity index is 4030. The van der Waals surface area contributed by atoms with E-state index in [9.17, 15) is 51.5 Å². The van der Waals surface area contributed by atoms with E-state index in [0.717, 1.165) is 128 Å². The van der Waals surface area contributed by atoms with E-state index in [1.807, 2.05) is 111 Å². The first-order chi connectivity index (χ1) is 47.4. The summed E-state index contributed by atoms with van der Waals surface area (Å²) >= 11 is 36.8. The minimum absolute atomic E-state index is 0.137. The molecule has 0 N–H and O–H groups in total. The molecule has 0 aliphatic carbocycles. The molecule has 16 rings (SSSR count). The largest absolute Gasteiger partial charge is 0.416 e. The van der Waals surface area contributed by atoms with E-state index in [2.05, 4.69) is 50.7 Å². The van der Waals surface area contributed by atoms with Crippen molar-refractivity contribution in [3.05, 3.63) is 230 Å². The van der Waals surface area contributed by atoms with Crippen molar-refractivity contribution in [3.8, 4) is 0 Å². The molecule has 24 heteroatoms. The fourth-order valence-electron chi connectivity index (χ4n) is 10.4. The Morgan fingerprint density at radius 1 is 0.343 bits per heavy atom. The maximum absolute atomic E-state index is 12.4. The molecule has 8 nitrogen and oxygen atoms in total. The van der Waals surface area contributed by atoms with Crippen LogP contribution in [0.1, 0.15) is 151 Å². The Kier molecular flexibility index (Phi) is 30.3. The number of halogens is 8. The summed E-state index contributed by atoms with van der Waals surface area (Å²) in [7, 11) is 0.